The fraction of sp³-hybridized carbons (Fsp3) is 0.462. The van der Waals surface area contributed by atoms with Crippen molar-refractivity contribution in [1.29, 1.82) is 0 Å². The number of para-hydroxylation sites is 1. The molecule has 0 radical (unpaired) electrons. The van der Waals surface area contributed by atoms with Gasteiger partial charge in [-0.05, 0) is 44.5 Å². The highest BCUT2D eigenvalue weighted by Gasteiger charge is 2.18. The molecule has 0 amide bonds. The first-order valence-electron chi connectivity index (χ1n) is 6.11. The van der Waals surface area contributed by atoms with Crippen molar-refractivity contribution in [2.45, 2.75) is 19.9 Å². The van der Waals surface area contributed by atoms with Crippen molar-refractivity contribution < 1.29 is 5.11 Å². The third-order valence-electron chi connectivity index (χ3n) is 3.55. The van der Waals surface area contributed by atoms with Gasteiger partial charge in [-0.1, -0.05) is 6.07 Å². The number of hydrogen-bond donors (Lipinski definition) is 2. The smallest absolute Gasteiger partial charge is 0.143 e. The number of aromatic hydroxyl groups is 1. The molecule has 3 rings (SSSR count). The Morgan fingerprint density at radius 1 is 1.53 bits per heavy atom. The van der Waals surface area contributed by atoms with Gasteiger partial charge in [0.15, 0.2) is 0 Å². The highest BCUT2D eigenvalue weighted by Crippen LogP contribution is 2.26. The summed E-state index contributed by atoms with van der Waals surface area (Å²) in [5, 5.41) is 13.2. The second-order valence-corrected chi connectivity index (χ2v) is 4.77. The number of nitrogens with zero attached hydrogens (tertiary/aromatic N) is 2. The fourth-order valence-electron chi connectivity index (χ4n) is 2.61. The molecule has 2 heterocycles. The summed E-state index contributed by atoms with van der Waals surface area (Å²) in [5.74, 6) is 1.93. The number of rotatable bonds is 2. The molecule has 0 saturated carbocycles. The Labute approximate surface area is 100 Å². The van der Waals surface area contributed by atoms with Crippen LogP contribution in [0.1, 0.15) is 12.2 Å². The normalized spacial score (nSPS) is 20.2. The lowest BCUT2D eigenvalue weighted by atomic mass is 10.1. The minimum absolute atomic E-state index is 0.272. The van der Waals surface area contributed by atoms with Crippen molar-refractivity contribution in [1.82, 2.24) is 14.9 Å². The zero-order valence-electron chi connectivity index (χ0n) is 9.98. The third kappa shape index (κ3) is 1.78. The van der Waals surface area contributed by atoms with Gasteiger partial charge >= 0.3 is 0 Å². The summed E-state index contributed by atoms with van der Waals surface area (Å²) in [7, 11) is 0. The standard InChI is InChI=1S/C13H17N3O/c1-9-15-13-11(3-2-4-12(13)17)16(9)8-10-5-6-14-7-10/h2-4,10,14,17H,5-8H2,1H3. The average Bonchev–Trinajstić information content (AvgIpc) is 2.91. The third-order valence-corrected chi connectivity index (χ3v) is 3.55. The Hall–Kier alpha value is -1.55. The van der Waals surface area contributed by atoms with E-state index in [-0.39, 0.29) is 5.75 Å². The van der Waals surface area contributed by atoms with Crippen molar-refractivity contribution >= 4 is 11.0 Å². The molecule has 1 saturated heterocycles. The van der Waals surface area contributed by atoms with E-state index in [9.17, 15) is 5.11 Å². The number of imidazole rings is 1. The Morgan fingerprint density at radius 3 is 3.18 bits per heavy atom. The highest BCUT2D eigenvalue weighted by molar-refractivity contribution is 5.82. The number of phenolic OH excluding ortho intramolecular Hbond substituents is 1. The van der Waals surface area contributed by atoms with Crippen LogP contribution in [0.25, 0.3) is 11.0 Å². The maximum absolute atomic E-state index is 9.78. The fourth-order valence-corrected chi connectivity index (χ4v) is 2.61. The van der Waals surface area contributed by atoms with Crippen molar-refractivity contribution in [3.05, 3.63) is 24.0 Å². The first kappa shape index (κ1) is 10.6. The maximum atomic E-state index is 9.78. The van der Waals surface area contributed by atoms with Gasteiger partial charge in [-0.3, -0.25) is 0 Å². The Morgan fingerprint density at radius 2 is 2.41 bits per heavy atom. The van der Waals surface area contributed by atoms with Gasteiger partial charge in [-0.15, -0.1) is 0 Å². The number of phenols is 1. The molecule has 4 nitrogen and oxygen atoms in total. The van der Waals surface area contributed by atoms with Gasteiger partial charge in [0.2, 0.25) is 0 Å². The first-order chi connectivity index (χ1) is 8.25. The summed E-state index contributed by atoms with van der Waals surface area (Å²) in [6.07, 6.45) is 1.22. The monoisotopic (exact) mass is 231 g/mol. The van der Waals surface area contributed by atoms with Crippen molar-refractivity contribution in [3.8, 4) is 5.75 Å². The van der Waals surface area contributed by atoms with E-state index in [1.54, 1.807) is 6.07 Å². The van der Waals surface area contributed by atoms with Crippen LogP contribution in [0, 0.1) is 12.8 Å². The predicted octanol–water partition coefficient (Wildman–Crippen LogP) is 1.66. The molecule has 1 aliphatic heterocycles. The van der Waals surface area contributed by atoms with Crippen LogP contribution in [0.15, 0.2) is 18.2 Å². The first-order valence-corrected chi connectivity index (χ1v) is 6.11. The largest absolute Gasteiger partial charge is 0.506 e. The van der Waals surface area contributed by atoms with E-state index in [4.69, 9.17) is 0 Å². The van der Waals surface area contributed by atoms with Crippen LogP contribution in [0.5, 0.6) is 5.75 Å². The van der Waals surface area contributed by atoms with Crippen LogP contribution in [0.2, 0.25) is 0 Å². The molecule has 1 aliphatic rings. The second-order valence-electron chi connectivity index (χ2n) is 4.77. The summed E-state index contributed by atoms with van der Waals surface area (Å²) >= 11 is 0. The Balaban J connectivity index is 2.02. The van der Waals surface area contributed by atoms with Gasteiger partial charge in [0, 0.05) is 6.54 Å². The van der Waals surface area contributed by atoms with Crippen LogP contribution >= 0.6 is 0 Å². The van der Waals surface area contributed by atoms with E-state index in [1.807, 2.05) is 19.1 Å². The molecule has 0 spiro atoms. The Kier molecular flexibility index (Phi) is 2.52. The van der Waals surface area contributed by atoms with E-state index < -0.39 is 0 Å². The van der Waals surface area contributed by atoms with Gasteiger partial charge in [0.05, 0.1) is 5.52 Å². The molecule has 2 N–H and O–H groups in total. The summed E-state index contributed by atoms with van der Waals surface area (Å²) in [6.45, 7) is 5.18. The lowest BCUT2D eigenvalue weighted by Gasteiger charge is -2.12. The zero-order chi connectivity index (χ0) is 11.8. The number of nitrogens with one attached hydrogen (secondary N) is 1. The average molecular weight is 231 g/mol. The van der Waals surface area contributed by atoms with E-state index >= 15 is 0 Å². The van der Waals surface area contributed by atoms with Gasteiger partial charge in [0.1, 0.15) is 17.1 Å². The molecule has 1 fully saturated rings. The summed E-state index contributed by atoms with van der Waals surface area (Å²) in [6, 6.07) is 5.59. The number of benzene rings is 1. The van der Waals surface area contributed by atoms with Crippen molar-refractivity contribution in [3.63, 3.8) is 0 Å². The van der Waals surface area contributed by atoms with Gasteiger partial charge in [0.25, 0.3) is 0 Å². The van der Waals surface area contributed by atoms with Crippen LogP contribution in [0.3, 0.4) is 0 Å². The van der Waals surface area contributed by atoms with Crippen molar-refractivity contribution in [2.75, 3.05) is 13.1 Å². The molecule has 1 aromatic carbocycles. The molecule has 1 atom stereocenters. The lowest BCUT2D eigenvalue weighted by Crippen LogP contribution is -2.15. The summed E-state index contributed by atoms with van der Waals surface area (Å²) in [4.78, 5) is 4.45. The molecule has 90 valence electrons. The zero-order valence-corrected chi connectivity index (χ0v) is 9.98. The molecule has 1 aromatic heterocycles. The van der Waals surface area contributed by atoms with Gasteiger partial charge in [-0.2, -0.15) is 0 Å². The van der Waals surface area contributed by atoms with E-state index in [0.717, 1.165) is 36.5 Å². The topological polar surface area (TPSA) is 50.1 Å². The molecule has 1 unspecified atom stereocenters. The number of aromatic nitrogens is 2. The lowest BCUT2D eigenvalue weighted by molar-refractivity contribution is 0.479. The highest BCUT2D eigenvalue weighted by atomic mass is 16.3. The quantitative estimate of drug-likeness (QED) is 0.826. The maximum Gasteiger partial charge on any atom is 0.143 e. The molecular weight excluding hydrogens is 214 g/mol. The van der Waals surface area contributed by atoms with Gasteiger partial charge in [-0.25, -0.2) is 4.98 Å². The minimum atomic E-state index is 0.272. The molecular formula is C13H17N3O. The summed E-state index contributed by atoms with van der Waals surface area (Å²) < 4.78 is 2.22. The predicted molar refractivity (Wildman–Crippen MR) is 67.1 cm³/mol. The van der Waals surface area contributed by atoms with Crippen LogP contribution in [-0.4, -0.2) is 27.7 Å². The van der Waals surface area contributed by atoms with Crippen LogP contribution in [0.4, 0.5) is 0 Å². The number of fused-ring (bicyclic) bond motifs is 1. The van der Waals surface area contributed by atoms with E-state index in [0.29, 0.717) is 5.92 Å². The van der Waals surface area contributed by atoms with Crippen LogP contribution < -0.4 is 5.32 Å². The molecule has 2 aromatic rings. The SMILES string of the molecule is Cc1nc2c(O)cccc2n1CC1CCNC1. The minimum Gasteiger partial charge on any atom is -0.506 e. The number of aryl methyl sites for hydroxylation is 1. The van der Waals surface area contributed by atoms with E-state index in [2.05, 4.69) is 14.9 Å². The van der Waals surface area contributed by atoms with Gasteiger partial charge < -0.3 is 15.0 Å². The van der Waals surface area contributed by atoms with Crippen molar-refractivity contribution in [2.24, 2.45) is 5.92 Å². The molecule has 17 heavy (non-hydrogen) atoms. The summed E-state index contributed by atoms with van der Waals surface area (Å²) in [5.41, 5.74) is 1.75. The Bertz CT molecular complexity index is 541. The second kappa shape index (κ2) is 4.04. The van der Waals surface area contributed by atoms with E-state index in [1.165, 1.54) is 6.42 Å². The van der Waals surface area contributed by atoms with Crippen LogP contribution in [-0.2, 0) is 6.54 Å². The molecule has 0 aliphatic carbocycles. The molecule has 4 heteroatoms. The molecule has 0 bridgehead atoms. The number of hydrogen-bond acceptors (Lipinski definition) is 3.